The molecule has 2 amide bonds. The number of pyridine rings is 1. The first-order chi connectivity index (χ1) is 13.0. The van der Waals surface area contributed by atoms with Gasteiger partial charge in [0.05, 0.1) is 19.3 Å². The lowest BCUT2D eigenvalue weighted by Gasteiger charge is -2.28. The fourth-order valence-electron chi connectivity index (χ4n) is 2.70. The first-order valence-corrected chi connectivity index (χ1v) is 9.15. The molecular formula is C21H27N3O3. The molecule has 0 saturated carbocycles. The molecule has 0 fully saturated rings. The molecule has 0 aliphatic rings. The quantitative estimate of drug-likeness (QED) is 0.738. The molecule has 0 saturated heterocycles. The Morgan fingerprint density at radius 2 is 1.93 bits per heavy atom. The third kappa shape index (κ3) is 6.09. The van der Waals surface area contributed by atoms with Crippen LogP contribution in [0, 0.1) is 0 Å². The number of amides is 2. The van der Waals surface area contributed by atoms with Gasteiger partial charge in [-0.05, 0) is 43.2 Å². The van der Waals surface area contributed by atoms with Crippen molar-refractivity contribution in [1.82, 2.24) is 15.2 Å². The van der Waals surface area contributed by atoms with Crippen LogP contribution in [0.1, 0.15) is 37.9 Å². The minimum atomic E-state index is -0.574. The average Bonchev–Trinajstić information content (AvgIpc) is 2.71. The van der Waals surface area contributed by atoms with Crippen molar-refractivity contribution in [1.29, 1.82) is 0 Å². The van der Waals surface area contributed by atoms with Gasteiger partial charge in [0.2, 0.25) is 11.8 Å². The van der Waals surface area contributed by atoms with Crippen LogP contribution in [-0.2, 0) is 22.7 Å². The molecule has 0 aliphatic heterocycles. The first-order valence-electron chi connectivity index (χ1n) is 9.15. The number of carbonyl (C=O) groups is 2. The highest BCUT2D eigenvalue weighted by Gasteiger charge is 2.25. The lowest BCUT2D eigenvalue weighted by atomic mass is 10.1. The van der Waals surface area contributed by atoms with Crippen LogP contribution in [0.25, 0.3) is 0 Å². The van der Waals surface area contributed by atoms with Crippen molar-refractivity contribution in [3.8, 4) is 5.75 Å². The van der Waals surface area contributed by atoms with E-state index in [-0.39, 0.29) is 11.8 Å². The van der Waals surface area contributed by atoms with Crippen LogP contribution in [0.5, 0.6) is 5.75 Å². The van der Waals surface area contributed by atoms with Crippen molar-refractivity contribution < 1.29 is 14.3 Å². The molecule has 0 aliphatic carbocycles. The molecule has 2 rings (SSSR count). The third-order valence-electron chi connectivity index (χ3n) is 4.31. The molecule has 1 aromatic carbocycles. The number of ether oxygens (including phenoxy) is 1. The highest BCUT2D eigenvalue weighted by Crippen LogP contribution is 2.16. The lowest BCUT2D eigenvalue weighted by Crippen LogP contribution is -2.47. The molecule has 0 bridgehead atoms. The summed E-state index contributed by atoms with van der Waals surface area (Å²) in [6.45, 7) is 4.42. The highest BCUT2D eigenvalue weighted by atomic mass is 16.5. The summed E-state index contributed by atoms with van der Waals surface area (Å²) in [6.07, 6.45) is 2.83. The van der Waals surface area contributed by atoms with E-state index in [4.69, 9.17) is 4.74 Å². The Hall–Kier alpha value is -2.89. The van der Waals surface area contributed by atoms with Gasteiger partial charge >= 0.3 is 0 Å². The highest BCUT2D eigenvalue weighted by molar-refractivity contribution is 5.87. The summed E-state index contributed by atoms with van der Waals surface area (Å²) in [7, 11) is 1.61. The molecule has 6 nitrogen and oxygen atoms in total. The summed E-state index contributed by atoms with van der Waals surface area (Å²) in [5, 5.41) is 2.86. The summed E-state index contributed by atoms with van der Waals surface area (Å²) >= 11 is 0. The summed E-state index contributed by atoms with van der Waals surface area (Å²) in [6, 6.07) is 12.5. The average molecular weight is 369 g/mol. The summed E-state index contributed by atoms with van der Waals surface area (Å²) in [5.41, 5.74) is 1.73. The number of nitrogens with zero attached hydrogens (tertiary/aromatic N) is 2. The van der Waals surface area contributed by atoms with Gasteiger partial charge in [-0.3, -0.25) is 14.6 Å². The van der Waals surface area contributed by atoms with E-state index in [9.17, 15) is 9.59 Å². The number of carbonyl (C=O) groups excluding carboxylic acids is 2. The van der Waals surface area contributed by atoms with Gasteiger partial charge in [0, 0.05) is 19.2 Å². The Kier molecular flexibility index (Phi) is 7.79. The predicted molar refractivity (Wildman–Crippen MR) is 104 cm³/mol. The molecule has 1 atom stereocenters. The van der Waals surface area contributed by atoms with Gasteiger partial charge in [-0.2, -0.15) is 0 Å². The van der Waals surface area contributed by atoms with Gasteiger partial charge in [-0.1, -0.05) is 25.1 Å². The summed E-state index contributed by atoms with van der Waals surface area (Å²) in [5.74, 6) is 0.527. The van der Waals surface area contributed by atoms with Crippen LogP contribution in [0.3, 0.4) is 0 Å². The second-order valence-corrected chi connectivity index (χ2v) is 6.33. The van der Waals surface area contributed by atoms with Crippen LogP contribution >= 0.6 is 0 Å². The summed E-state index contributed by atoms with van der Waals surface area (Å²) in [4.78, 5) is 31.0. The van der Waals surface area contributed by atoms with Crippen molar-refractivity contribution in [3.05, 3.63) is 59.9 Å². The topological polar surface area (TPSA) is 71.5 Å². The van der Waals surface area contributed by atoms with Crippen molar-refractivity contribution in [2.24, 2.45) is 0 Å². The molecule has 27 heavy (non-hydrogen) atoms. The summed E-state index contributed by atoms with van der Waals surface area (Å²) < 4.78 is 5.17. The first kappa shape index (κ1) is 20.4. The smallest absolute Gasteiger partial charge is 0.242 e. The van der Waals surface area contributed by atoms with E-state index in [2.05, 4.69) is 10.3 Å². The Morgan fingerprint density at radius 3 is 2.52 bits per heavy atom. The van der Waals surface area contributed by atoms with Gasteiger partial charge in [-0.25, -0.2) is 0 Å². The van der Waals surface area contributed by atoms with Crippen LogP contribution in [0.4, 0.5) is 0 Å². The lowest BCUT2D eigenvalue weighted by molar-refractivity contribution is -0.140. The van der Waals surface area contributed by atoms with E-state index >= 15 is 0 Å². The number of hydrogen-bond acceptors (Lipinski definition) is 4. The van der Waals surface area contributed by atoms with Gasteiger partial charge in [0.1, 0.15) is 11.8 Å². The van der Waals surface area contributed by atoms with E-state index in [0.717, 1.165) is 23.4 Å². The maximum absolute atomic E-state index is 12.6. The van der Waals surface area contributed by atoms with Crippen LogP contribution in [0.2, 0.25) is 0 Å². The van der Waals surface area contributed by atoms with Crippen molar-refractivity contribution in [3.63, 3.8) is 0 Å². The second-order valence-electron chi connectivity index (χ2n) is 6.33. The van der Waals surface area contributed by atoms with Crippen molar-refractivity contribution in [2.75, 3.05) is 7.11 Å². The minimum Gasteiger partial charge on any atom is -0.497 e. The van der Waals surface area contributed by atoms with Crippen molar-refractivity contribution in [2.45, 2.75) is 45.8 Å². The van der Waals surface area contributed by atoms with Crippen molar-refractivity contribution >= 4 is 11.8 Å². The predicted octanol–water partition coefficient (Wildman–Crippen LogP) is 2.92. The maximum Gasteiger partial charge on any atom is 0.242 e. The monoisotopic (exact) mass is 369 g/mol. The standard InChI is InChI=1S/C21H27N3O3/c1-4-7-20(25)24(15-17-9-11-19(27-3)12-10-17)16(2)21(26)23-14-18-8-5-6-13-22-18/h5-6,8-13,16H,4,7,14-15H2,1-3H3,(H,23,26)/t16-/m1/s1. The molecule has 0 radical (unpaired) electrons. The molecule has 0 unspecified atom stereocenters. The molecule has 6 heteroatoms. The minimum absolute atomic E-state index is 0.0335. The van der Waals surface area contributed by atoms with E-state index in [1.54, 1.807) is 25.1 Å². The van der Waals surface area contributed by atoms with E-state index < -0.39 is 6.04 Å². The van der Waals surface area contributed by atoms with E-state index in [1.165, 1.54) is 0 Å². The van der Waals surface area contributed by atoms with Crippen LogP contribution in [-0.4, -0.2) is 34.8 Å². The van der Waals surface area contributed by atoms with Gasteiger partial charge in [0.25, 0.3) is 0 Å². The van der Waals surface area contributed by atoms with Gasteiger partial charge in [0.15, 0.2) is 0 Å². The van der Waals surface area contributed by atoms with Gasteiger partial charge < -0.3 is 15.0 Å². The Balaban J connectivity index is 2.06. The second kappa shape index (κ2) is 10.3. The Morgan fingerprint density at radius 1 is 1.19 bits per heavy atom. The fourth-order valence-corrected chi connectivity index (χ4v) is 2.70. The number of rotatable bonds is 9. The maximum atomic E-state index is 12.6. The van der Waals surface area contributed by atoms with E-state index in [0.29, 0.717) is 19.5 Å². The largest absolute Gasteiger partial charge is 0.497 e. The number of methoxy groups -OCH3 is 1. The number of nitrogens with one attached hydrogen (secondary N) is 1. The van der Waals surface area contributed by atoms with Crippen LogP contribution in [0.15, 0.2) is 48.7 Å². The Labute approximate surface area is 160 Å². The zero-order valence-corrected chi connectivity index (χ0v) is 16.1. The van der Waals surface area contributed by atoms with Gasteiger partial charge in [-0.15, -0.1) is 0 Å². The molecule has 2 aromatic rings. The molecular weight excluding hydrogens is 342 g/mol. The zero-order valence-electron chi connectivity index (χ0n) is 16.1. The molecule has 1 heterocycles. The molecule has 0 spiro atoms. The number of benzene rings is 1. The molecule has 1 aromatic heterocycles. The molecule has 144 valence electrons. The third-order valence-corrected chi connectivity index (χ3v) is 4.31. The molecule has 1 N–H and O–H groups in total. The number of aromatic nitrogens is 1. The SMILES string of the molecule is CCCC(=O)N(Cc1ccc(OC)cc1)[C@H](C)C(=O)NCc1ccccn1. The van der Waals surface area contributed by atoms with Crippen LogP contribution < -0.4 is 10.1 Å². The zero-order chi connectivity index (χ0) is 19.6. The Bertz CT molecular complexity index is 732. The normalized spacial score (nSPS) is 11.5. The number of hydrogen-bond donors (Lipinski definition) is 1. The van der Waals surface area contributed by atoms with E-state index in [1.807, 2.05) is 49.4 Å². The fraction of sp³-hybridized carbons (Fsp3) is 0.381.